The zero-order valence-corrected chi connectivity index (χ0v) is 28.2. The molecule has 2 aromatic carbocycles. The van der Waals surface area contributed by atoms with Crippen molar-refractivity contribution in [2.24, 2.45) is 5.92 Å². The summed E-state index contributed by atoms with van der Waals surface area (Å²) >= 11 is 0. The first kappa shape index (κ1) is 36.5. The zero-order valence-electron chi connectivity index (χ0n) is 28.2. The minimum atomic E-state index is -1.06. The van der Waals surface area contributed by atoms with Crippen LogP contribution in [-0.4, -0.2) is 69.3 Å². The van der Waals surface area contributed by atoms with Gasteiger partial charge in [0.25, 0.3) is 0 Å². The number of aromatic nitrogens is 2. The van der Waals surface area contributed by atoms with Crippen LogP contribution in [0.1, 0.15) is 42.7 Å². The topological polar surface area (TPSA) is 146 Å². The third-order valence-electron chi connectivity index (χ3n) is 8.06. The van der Waals surface area contributed by atoms with Crippen molar-refractivity contribution >= 4 is 18.0 Å². The Hall–Kier alpha value is -5.29. The molecule has 4 amide bonds. The third-order valence-corrected chi connectivity index (χ3v) is 8.06. The number of carbonyl (C=O) groups excluding carboxylic acids is 3. The average Bonchev–Trinajstić information content (AvgIpc) is 3.10. The number of aliphatic hydroxyl groups excluding tert-OH is 1. The van der Waals surface area contributed by atoms with Crippen molar-refractivity contribution in [2.75, 3.05) is 7.05 Å². The molecule has 0 radical (unpaired) electrons. The Bertz CT molecular complexity index is 1580. The molecule has 0 unspecified atom stereocenters. The van der Waals surface area contributed by atoms with Crippen molar-refractivity contribution < 1.29 is 24.2 Å². The van der Waals surface area contributed by atoms with E-state index in [1.807, 2.05) is 86.6 Å². The number of alkyl carbamates (subject to hydrolysis) is 1. The van der Waals surface area contributed by atoms with Crippen LogP contribution < -0.4 is 16.0 Å². The largest absolute Gasteiger partial charge is 0.445 e. The summed E-state index contributed by atoms with van der Waals surface area (Å²) in [4.78, 5) is 49.7. The number of carbonyl (C=O) groups is 3. The highest BCUT2D eigenvalue weighted by Gasteiger charge is 2.31. The fourth-order valence-corrected chi connectivity index (χ4v) is 5.40. The van der Waals surface area contributed by atoms with Gasteiger partial charge in [-0.25, -0.2) is 9.59 Å². The number of ether oxygens (including phenoxy) is 1. The van der Waals surface area contributed by atoms with E-state index in [2.05, 4.69) is 25.9 Å². The van der Waals surface area contributed by atoms with Gasteiger partial charge in [-0.05, 0) is 54.5 Å². The van der Waals surface area contributed by atoms with E-state index in [0.29, 0.717) is 12.8 Å². The first-order chi connectivity index (χ1) is 23.7. The maximum atomic E-state index is 13.8. The van der Waals surface area contributed by atoms with Crippen LogP contribution in [-0.2, 0) is 35.5 Å². The Labute approximate surface area is 288 Å². The van der Waals surface area contributed by atoms with Gasteiger partial charge in [-0.1, -0.05) is 86.6 Å². The van der Waals surface area contributed by atoms with Crippen molar-refractivity contribution in [2.45, 2.75) is 70.5 Å². The molecule has 0 spiro atoms. The van der Waals surface area contributed by atoms with Crippen LogP contribution in [0.4, 0.5) is 9.59 Å². The minimum absolute atomic E-state index is 0.0277. The Morgan fingerprint density at radius 3 is 2.06 bits per heavy atom. The minimum Gasteiger partial charge on any atom is -0.445 e. The second kappa shape index (κ2) is 18.9. The Morgan fingerprint density at radius 2 is 1.45 bits per heavy atom. The maximum absolute atomic E-state index is 13.8. The highest BCUT2D eigenvalue weighted by molar-refractivity contribution is 5.87. The Balaban J connectivity index is 1.47. The number of hydrogen-bond acceptors (Lipinski definition) is 7. The lowest BCUT2D eigenvalue weighted by Gasteiger charge is -2.30. The van der Waals surface area contributed by atoms with Gasteiger partial charge in [0.05, 0.1) is 24.4 Å². The van der Waals surface area contributed by atoms with Crippen molar-refractivity contribution in [3.63, 3.8) is 0 Å². The summed E-state index contributed by atoms with van der Waals surface area (Å²) in [6, 6.07) is 25.7. The van der Waals surface area contributed by atoms with Gasteiger partial charge in [-0.3, -0.25) is 14.8 Å². The van der Waals surface area contributed by atoms with Gasteiger partial charge >= 0.3 is 12.1 Å². The molecule has 258 valence electrons. The molecule has 0 saturated heterocycles. The second-order valence-corrected chi connectivity index (χ2v) is 12.4. The number of nitrogens with one attached hydrogen (secondary N) is 3. The van der Waals surface area contributed by atoms with Gasteiger partial charge in [0.2, 0.25) is 5.91 Å². The van der Waals surface area contributed by atoms with E-state index in [-0.39, 0.29) is 31.4 Å². The summed E-state index contributed by atoms with van der Waals surface area (Å²) in [6.45, 7) is 4.03. The molecule has 2 heterocycles. The summed E-state index contributed by atoms with van der Waals surface area (Å²) in [5.41, 5.74) is 3.34. The number of nitrogens with zero attached hydrogens (tertiary/aromatic N) is 3. The molecule has 4 N–H and O–H groups in total. The second-order valence-electron chi connectivity index (χ2n) is 12.4. The number of amides is 4. The zero-order chi connectivity index (χ0) is 35.0. The smallest absolute Gasteiger partial charge is 0.407 e. The Kier molecular flexibility index (Phi) is 14.1. The number of rotatable bonds is 16. The SMILES string of the molecule is CC(C)[C@H](NC(=O)N(C)Cc1ccccn1)C(=O)N[C@@H](Cc1ccccc1)C[C@H](O)[C@H](Cc1ccccc1)NC(=O)OCc1cccnc1. The summed E-state index contributed by atoms with van der Waals surface area (Å²) in [5, 5.41) is 20.5. The van der Waals surface area contributed by atoms with Crippen molar-refractivity contribution in [3.8, 4) is 0 Å². The number of pyridine rings is 2. The molecular weight excluding hydrogens is 620 g/mol. The van der Waals surface area contributed by atoms with Crippen molar-refractivity contribution in [1.29, 1.82) is 0 Å². The maximum Gasteiger partial charge on any atom is 0.407 e. The molecule has 0 aliphatic heterocycles. The summed E-state index contributed by atoms with van der Waals surface area (Å²) in [5.74, 6) is -0.595. The van der Waals surface area contributed by atoms with Crippen LogP contribution in [0.3, 0.4) is 0 Å². The van der Waals surface area contributed by atoms with Crippen molar-refractivity contribution in [3.05, 3.63) is 132 Å². The summed E-state index contributed by atoms with van der Waals surface area (Å²) < 4.78 is 5.44. The predicted molar refractivity (Wildman–Crippen MR) is 187 cm³/mol. The van der Waals surface area contributed by atoms with E-state index >= 15 is 0 Å². The molecular formula is C38H46N6O5. The molecule has 0 saturated carbocycles. The molecule has 0 aliphatic rings. The van der Waals surface area contributed by atoms with Crippen LogP contribution >= 0.6 is 0 Å². The van der Waals surface area contributed by atoms with E-state index in [1.54, 1.807) is 43.8 Å². The fraction of sp³-hybridized carbons (Fsp3) is 0.342. The van der Waals surface area contributed by atoms with Gasteiger partial charge in [0, 0.05) is 37.2 Å². The molecule has 4 aromatic rings. The average molecular weight is 667 g/mol. The van der Waals surface area contributed by atoms with Gasteiger partial charge in [-0.15, -0.1) is 0 Å². The van der Waals surface area contributed by atoms with E-state index in [4.69, 9.17) is 4.74 Å². The highest BCUT2D eigenvalue weighted by Crippen LogP contribution is 2.16. The van der Waals surface area contributed by atoms with Crippen LogP contribution in [0.5, 0.6) is 0 Å². The molecule has 4 rings (SSSR count). The molecule has 0 bridgehead atoms. The van der Waals surface area contributed by atoms with Crippen LogP contribution in [0.2, 0.25) is 0 Å². The van der Waals surface area contributed by atoms with E-state index in [0.717, 1.165) is 22.4 Å². The van der Waals surface area contributed by atoms with Crippen molar-refractivity contribution in [1.82, 2.24) is 30.8 Å². The van der Waals surface area contributed by atoms with Crippen LogP contribution in [0.25, 0.3) is 0 Å². The monoisotopic (exact) mass is 666 g/mol. The molecule has 0 aliphatic carbocycles. The standard InChI is InChI=1S/C38H46N6O5/c1-27(2)35(43-37(47)44(3)25-31-18-10-11-20-40-31)36(46)41-32(21-28-13-6-4-7-14-28)23-34(45)33(22-29-15-8-5-9-16-29)42-38(48)49-26-30-17-12-19-39-24-30/h4-20,24,27,32-35,45H,21-23,25-26H2,1-3H3,(H,41,46)(H,42,48)(H,43,47)/t32-,33-,34-,35-/m0/s1. The highest BCUT2D eigenvalue weighted by atomic mass is 16.5. The van der Waals surface area contributed by atoms with E-state index < -0.39 is 36.4 Å². The quantitative estimate of drug-likeness (QED) is 0.136. The summed E-state index contributed by atoms with van der Waals surface area (Å²) in [7, 11) is 1.65. The van der Waals surface area contributed by atoms with Crippen LogP contribution in [0.15, 0.2) is 110 Å². The predicted octanol–water partition coefficient (Wildman–Crippen LogP) is 4.66. The van der Waals surface area contributed by atoms with Gasteiger partial charge < -0.3 is 30.7 Å². The lowest BCUT2D eigenvalue weighted by molar-refractivity contribution is -0.124. The Morgan fingerprint density at radius 1 is 0.796 bits per heavy atom. The molecule has 11 heteroatoms. The van der Waals surface area contributed by atoms with Gasteiger partial charge in [0.15, 0.2) is 0 Å². The number of benzene rings is 2. The molecule has 4 atom stereocenters. The number of urea groups is 1. The normalized spacial score (nSPS) is 13.4. The molecule has 0 fully saturated rings. The van der Waals surface area contributed by atoms with Crippen LogP contribution in [0, 0.1) is 5.92 Å². The third kappa shape index (κ3) is 12.3. The lowest BCUT2D eigenvalue weighted by Crippen LogP contribution is -2.55. The molecule has 49 heavy (non-hydrogen) atoms. The van der Waals surface area contributed by atoms with Gasteiger partial charge in [0.1, 0.15) is 12.6 Å². The number of aliphatic hydroxyl groups is 1. The first-order valence-electron chi connectivity index (χ1n) is 16.5. The van der Waals surface area contributed by atoms with E-state index in [9.17, 15) is 19.5 Å². The fourth-order valence-electron chi connectivity index (χ4n) is 5.40. The van der Waals surface area contributed by atoms with Gasteiger partial charge in [-0.2, -0.15) is 0 Å². The molecule has 11 nitrogen and oxygen atoms in total. The summed E-state index contributed by atoms with van der Waals surface area (Å²) in [6.07, 6.45) is 4.07. The lowest BCUT2D eigenvalue weighted by atomic mass is 9.93. The molecule has 2 aromatic heterocycles. The first-order valence-corrected chi connectivity index (χ1v) is 16.5. The van der Waals surface area contributed by atoms with E-state index in [1.165, 1.54) is 4.90 Å². The number of hydrogen-bond donors (Lipinski definition) is 4.